The SMILES string of the molecule is COc1cccc(NCCC(=O)O)n1. The number of carboxylic acid groups (broad SMARTS) is 1. The van der Waals surface area contributed by atoms with E-state index in [2.05, 4.69) is 10.3 Å². The molecule has 0 saturated carbocycles. The summed E-state index contributed by atoms with van der Waals surface area (Å²) < 4.78 is 4.91. The number of anilines is 1. The third-order valence-electron chi connectivity index (χ3n) is 1.58. The van der Waals surface area contributed by atoms with Crippen LogP contribution in [0.15, 0.2) is 18.2 Å². The molecule has 0 aliphatic carbocycles. The van der Waals surface area contributed by atoms with Crippen molar-refractivity contribution in [2.75, 3.05) is 19.0 Å². The molecule has 0 aliphatic heterocycles. The van der Waals surface area contributed by atoms with Crippen LogP contribution in [0.3, 0.4) is 0 Å². The largest absolute Gasteiger partial charge is 0.481 e. The average molecular weight is 196 g/mol. The van der Waals surface area contributed by atoms with Crippen LogP contribution in [0.25, 0.3) is 0 Å². The lowest BCUT2D eigenvalue weighted by Gasteiger charge is -2.04. The summed E-state index contributed by atoms with van der Waals surface area (Å²) in [4.78, 5) is 14.3. The predicted molar refractivity (Wildman–Crippen MR) is 51.5 cm³/mol. The maximum Gasteiger partial charge on any atom is 0.305 e. The fraction of sp³-hybridized carbons (Fsp3) is 0.333. The lowest BCUT2D eigenvalue weighted by Crippen LogP contribution is -2.08. The zero-order valence-electron chi connectivity index (χ0n) is 7.86. The van der Waals surface area contributed by atoms with Crippen molar-refractivity contribution in [3.63, 3.8) is 0 Å². The van der Waals surface area contributed by atoms with Gasteiger partial charge in [0.05, 0.1) is 13.5 Å². The molecular weight excluding hydrogens is 184 g/mol. The number of aliphatic carboxylic acids is 1. The second kappa shape index (κ2) is 5.06. The number of methoxy groups -OCH3 is 1. The van der Waals surface area contributed by atoms with E-state index >= 15 is 0 Å². The van der Waals surface area contributed by atoms with E-state index in [0.717, 1.165) is 0 Å². The van der Waals surface area contributed by atoms with Gasteiger partial charge in [-0.2, -0.15) is 4.98 Å². The van der Waals surface area contributed by atoms with Crippen molar-refractivity contribution < 1.29 is 14.6 Å². The summed E-state index contributed by atoms with van der Waals surface area (Å²) in [6, 6.07) is 5.27. The second-order valence-corrected chi connectivity index (χ2v) is 2.64. The van der Waals surface area contributed by atoms with E-state index in [-0.39, 0.29) is 6.42 Å². The molecule has 0 aliphatic rings. The van der Waals surface area contributed by atoms with Crippen LogP contribution < -0.4 is 10.1 Å². The molecule has 5 nitrogen and oxygen atoms in total. The fourth-order valence-electron chi connectivity index (χ4n) is 0.924. The van der Waals surface area contributed by atoms with Crippen LogP contribution in [0.1, 0.15) is 6.42 Å². The van der Waals surface area contributed by atoms with Crippen LogP contribution in [-0.4, -0.2) is 29.7 Å². The van der Waals surface area contributed by atoms with Gasteiger partial charge in [0.25, 0.3) is 0 Å². The number of hydrogen-bond donors (Lipinski definition) is 2. The fourth-order valence-corrected chi connectivity index (χ4v) is 0.924. The number of carboxylic acids is 1. The third-order valence-corrected chi connectivity index (χ3v) is 1.58. The molecule has 1 heterocycles. The van der Waals surface area contributed by atoms with E-state index in [1.807, 2.05) is 0 Å². The summed E-state index contributed by atoms with van der Waals surface area (Å²) in [6.45, 7) is 0.357. The van der Waals surface area contributed by atoms with Gasteiger partial charge in [-0.1, -0.05) is 6.07 Å². The Hall–Kier alpha value is -1.78. The summed E-state index contributed by atoms with van der Waals surface area (Å²) in [5, 5.41) is 11.3. The first kappa shape index (κ1) is 10.3. The Labute approximate surface area is 81.7 Å². The van der Waals surface area contributed by atoms with Crippen LogP contribution >= 0.6 is 0 Å². The highest BCUT2D eigenvalue weighted by molar-refractivity contribution is 5.67. The Morgan fingerprint density at radius 1 is 1.64 bits per heavy atom. The number of carbonyl (C=O) groups is 1. The van der Waals surface area contributed by atoms with Crippen LogP contribution in [0.2, 0.25) is 0 Å². The topological polar surface area (TPSA) is 71.5 Å². The normalized spacial score (nSPS) is 9.50. The molecule has 1 aromatic rings. The predicted octanol–water partition coefficient (Wildman–Crippen LogP) is 0.977. The minimum Gasteiger partial charge on any atom is -0.481 e. The minimum absolute atomic E-state index is 0.0683. The van der Waals surface area contributed by atoms with E-state index in [1.165, 1.54) is 7.11 Å². The van der Waals surface area contributed by atoms with Gasteiger partial charge in [-0.25, -0.2) is 0 Å². The van der Waals surface area contributed by atoms with Crippen LogP contribution in [0.4, 0.5) is 5.82 Å². The number of hydrogen-bond acceptors (Lipinski definition) is 4. The smallest absolute Gasteiger partial charge is 0.305 e. The highest BCUT2D eigenvalue weighted by Gasteiger charge is 1.98. The summed E-state index contributed by atoms with van der Waals surface area (Å²) in [5.74, 6) is 0.288. The number of nitrogens with zero attached hydrogens (tertiary/aromatic N) is 1. The van der Waals surface area contributed by atoms with E-state index in [0.29, 0.717) is 18.2 Å². The highest BCUT2D eigenvalue weighted by atomic mass is 16.5. The monoisotopic (exact) mass is 196 g/mol. The minimum atomic E-state index is -0.833. The molecule has 0 saturated heterocycles. The van der Waals surface area contributed by atoms with E-state index < -0.39 is 5.97 Å². The van der Waals surface area contributed by atoms with Crippen molar-refractivity contribution in [1.29, 1.82) is 0 Å². The van der Waals surface area contributed by atoms with Gasteiger partial charge in [0.15, 0.2) is 0 Å². The maximum atomic E-state index is 10.2. The zero-order valence-corrected chi connectivity index (χ0v) is 7.86. The first-order chi connectivity index (χ1) is 6.72. The lowest BCUT2D eigenvalue weighted by molar-refractivity contribution is -0.136. The van der Waals surface area contributed by atoms with Gasteiger partial charge in [-0.05, 0) is 6.07 Å². The lowest BCUT2D eigenvalue weighted by atomic mass is 10.4. The Morgan fingerprint density at radius 2 is 2.43 bits per heavy atom. The Bertz CT molecular complexity index is 315. The maximum absolute atomic E-state index is 10.2. The second-order valence-electron chi connectivity index (χ2n) is 2.64. The molecule has 0 spiro atoms. The van der Waals surface area contributed by atoms with Gasteiger partial charge < -0.3 is 15.2 Å². The molecule has 0 amide bonds. The average Bonchev–Trinajstić information content (AvgIpc) is 2.18. The van der Waals surface area contributed by atoms with E-state index in [4.69, 9.17) is 9.84 Å². The molecule has 0 bridgehead atoms. The van der Waals surface area contributed by atoms with Crippen molar-refractivity contribution in [3.8, 4) is 5.88 Å². The molecule has 1 rings (SSSR count). The summed E-state index contributed by atoms with van der Waals surface area (Å²) in [7, 11) is 1.53. The zero-order chi connectivity index (χ0) is 10.4. The Morgan fingerprint density at radius 3 is 3.07 bits per heavy atom. The number of ether oxygens (including phenoxy) is 1. The summed E-state index contributed by atoms with van der Waals surface area (Å²) in [5.41, 5.74) is 0. The van der Waals surface area contributed by atoms with Crippen LogP contribution in [0.5, 0.6) is 5.88 Å². The van der Waals surface area contributed by atoms with Gasteiger partial charge >= 0.3 is 5.97 Å². The van der Waals surface area contributed by atoms with Crippen molar-refractivity contribution >= 4 is 11.8 Å². The van der Waals surface area contributed by atoms with Crippen LogP contribution in [0, 0.1) is 0 Å². The molecular formula is C9H12N2O3. The number of aromatic nitrogens is 1. The number of rotatable bonds is 5. The molecule has 0 aromatic carbocycles. The molecule has 0 fully saturated rings. The van der Waals surface area contributed by atoms with Gasteiger partial charge in [0.2, 0.25) is 5.88 Å². The van der Waals surface area contributed by atoms with Crippen molar-refractivity contribution in [2.24, 2.45) is 0 Å². The van der Waals surface area contributed by atoms with Gasteiger partial charge in [0.1, 0.15) is 5.82 Å². The molecule has 14 heavy (non-hydrogen) atoms. The molecule has 0 radical (unpaired) electrons. The molecule has 2 N–H and O–H groups in total. The van der Waals surface area contributed by atoms with Crippen molar-refractivity contribution in [3.05, 3.63) is 18.2 Å². The van der Waals surface area contributed by atoms with Crippen molar-refractivity contribution in [1.82, 2.24) is 4.98 Å². The number of pyridine rings is 1. The summed E-state index contributed by atoms with van der Waals surface area (Å²) >= 11 is 0. The number of nitrogens with one attached hydrogen (secondary N) is 1. The molecule has 5 heteroatoms. The van der Waals surface area contributed by atoms with Crippen molar-refractivity contribution in [2.45, 2.75) is 6.42 Å². The third kappa shape index (κ3) is 3.30. The molecule has 76 valence electrons. The van der Waals surface area contributed by atoms with E-state index in [1.54, 1.807) is 18.2 Å². The standard InChI is InChI=1S/C9H12N2O3/c1-14-8-4-2-3-7(11-8)10-6-5-9(12)13/h2-4H,5-6H2,1H3,(H,10,11)(H,12,13). The van der Waals surface area contributed by atoms with Crippen LogP contribution in [-0.2, 0) is 4.79 Å². The van der Waals surface area contributed by atoms with Gasteiger partial charge in [-0.15, -0.1) is 0 Å². The Balaban J connectivity index is 2.46. The van der Waals surface area contributed by atoms with E-state index in [9.17, 15) is 4.79 Å². The first-order valence-electron chi connectivity index (χ1n) is 4.19. The Kier molecular flexibility index (Phi) is 3.72. The quantitative estimate of drug-likeness (QED) is 0.734. The molecule has 1 aromatic heterocycles. The molecule has 0 atom stereocenters. The highest BCUT2D eigenvalue weighted by Crippen LogP contribution is 2.10. The van der Waals surface area contributed by atoms with Gasteiger partial charge in [-0.3, -0.25) is 4.79 Å². The first-order valence-corrected chi connectivity index (χ1v) is 4.19. The van der Waals surface area contributed by atoms with Gasteiger partial charge in [0, 0.05) is 12.6 Å². The molecule has 0 unspecified atom stereocenters. The summed E-state index contributed by atoms with van der Waals surface area (Å²) in [6.07, 6.45) is 0.0683.